The Kier molecular flexibility index (Phi) is 3.65. The zero-order valence-corrected chi connectivity index (χ0v) is 9.67. The van der Waals surface area contributed by atoms with Crippen LogP contribution in [0.2, 0.25) is 0 Å². The summed E-state index contributed by atoms with van der Waals surface area (Å²) in [6, 6.07) is 0.942. The monoisotopic (exact) mass is 225 g/mol. The molecule has 1 aromatic rings. The minimum Gasteiger partial charge on any atom is -0.481 e. The van der Waals surface area contributed by atoms with Gasteiger partial charge in [0, 0.05) is 11.6 Å². The smallest absolute Gasteiger partial charge is 0.305 e. The highest BCUT2D eigenvalue weighted by Crippen LogP contribution is 2.27. The van der Waals surface area contributed by atoms with Gasteiger partial charge in [0.1, 0.15) is 5.82 Å². The largest absolute Gasteiger partial charge is 0.481 e. The summed E-state index contributed by atoms with van der Waals surface area (Å²) >= 11 is 0. The maximum atomic E-state index is 13.9. The number of carbonyl (C=O) groups is 1. The highest BCUT2D eigenvalue weighted by atomic mass is 19.1. The number of aliphatic carboxylic acids is 1. The van der Waals surface area contributed by atoms with E-state index in [1.165, 1.54) is 0 Å². The van der Waals surface area contributed by atoms with Crippen LogP contribution in [0.4, 0.5) is 4.39 Å². The Bertz CT molecular complexity index is 403. The van der Waals surface area contributed by atoms with Gasteiger partial charge in [-0.25, -0.2) is 4.39 Å². The first kappa shape index (κ1) is 12.6. The standard InChI is InChI=1S/C12H16FNO2/c1-6-4-7(2)12(13)11(8(6)3)9(14)5-10(15)16/h4,9H,5,14H2,1-3H3,(H,15,16). The number of aryl methyl sites for hydroxylation is 2. The molecule has 0 fully saturated rings. The second-order valence-corrected chi connectivity index (χ2v) is 4.07. The number of hydrogen-bond donors (Lipinski definition) is 2. The van der Waals surface area contributed by atoms with Gasteiger partial charge in [0.2, 0.25) is 0 Å². The molecule has 0 aliphatic rings. The van der Waals surface area contributed by atoms with Crippen molar-refractivity contribution in [3.63, 3.8) is 0 Å². The Balaban J connectivity index is 3.26. The second-order valence-electron chi connectivity index (χ2n) is 4.07. The SMILES string of the molecule is Cc1cc(C)c(F)c(C(N)CC(=O)O)c1C. The van der Waals surface area contributed by atoms with E-state index in [1.807, 2.05) is 6.92 Å². The van der Waals surface area contributed by atoms with Gasteiger partial charge in [0.05, 0.1) is 6.42 Å². The predicted molar refractivity (Wildman–Crippen MR) is 59.8 cm³/mol. The number of nitrogens with two attached hydrogens (primary N) is 1. The maximum absolute atomic E-state index is 13.9. The lowest BCUT2D eigenvalue weighted by molar-refractivity contribution is -0.137. The van der Waals surface area contributed by atoms with E-state index in [-0.39, 0.29) is 6.42 Å². The number of rotatable bonds is 3. The molecule has 0 aliphatic carbocycles. The highest BCUT2D eigenvalue weighted by molar-refractivity contribution is 5.68. The summed E-state index contributed by atoms with van der Waals surface area (Å²) in [6.07, 6.45) is -0.263. The van der Waals surface area contributed by atoms with Crippen molar-refractivity contribution < 1.29 is 14.3 Å². The fourth-order valence-corrected chi connectivity index (χ4v) is 1.82. The Labute approximate surface area is 94.1 Å². The van der Waals surface area contributed by atoms with Crippen LogP contribution in [0.1, 0.15) is 34.7 Å². The van der Waals surface area contributed by atoms with E-state index >= 15 is 0 Å². The van der Waals surface area contributed by atoms with Crippen molar-refractivity contribution >= 4 is 5.97 Å². The average molecular weight is 225 g/mol. The van der Waals surface area contributed by atoms with E-state index in [2.05, 4.69) is 0 Å². The number of halogens is 1. The van der Waals surface area contributed by atoms with Crippen LogP contribution in [-0.4, -0.2) is 11.1 Å². The van der Waals surface area contributed by atoms with Crippen molar-refractivity contribution in [1.82, 2.24) is 0 Å². The zero-order valence-electron chi connectivity index (χ0n) is 9.67. The van der Waals surface area contributed by atoms with Gasteiger partial charge >= 0.3 is 5.97 Å². The Morgan fingerprint density at radius 3 is 2.50 bits per heavy atom. The number of carboxylic acid groups (broad SMARTS) is 1. The van der Waals surface area contributed by atoms with Gasteiger partial charge in [-0.15, -0.1) is 0 Å². The third-order valence-corrected chi connectivity index (χ3v) is 2.78. The van der Waals surface area contributed by atoms with E-state index in [0.717, 1.165) is 11.1 Å². The molecule has 3 N–H and O–H groups in total. The molecule has 88 valence electrons. The van der Waals surface area contributed by atoms with E-state index in [1.54, 1.807) is 19.9 Å². The lowest BCUT2D eigenvalue weighted by Gasteiger charge is -2.17. The molecule has 0 aromatic heterocycles. The van der Waals surface area contributed by atoms with Gasteiger partial charge in [0.15, 0.2) is 0 Å². The van der Waals surface area contributed by atoms with Gasteiger partial charge in [0.25, 0.3) is 0 Å². The topological polar surface area (TPSA) is 63.3 Å². The van der Waals surface area contributed by atoms with Gasteiger partial charge in [-0.2, -0.15) is 0 Å². The molecule has 0 amide bonds. The molecule has 3 nitrogen and oxygen atoms in total. The third kappa shape index (κ3) is 2.39. The fraction of sp³-hybridized carbons (Fsp3) is 0.417. The first-order valence-electron chi connectivity index (χ1n) is 5.08. The average Bonchev–Trinajstić information content (AvgIpc) is 2.14. The Morgan fingerprint density at radius 2 is 2.00 bits per heavy atom. The summed E-state index contributed by atoms with van der Waals surface area (Å²) in [5, 5.41) is 8.66. The van der Waals surface area contributed by atoms with Crippen LogP contribution in [0.3, 0.4) is 0 Å². The maximum Gasteiger partial charge on any atom is 0.305 e. The van der Waals surface area contributed by atoms with Crippen molar-refractivity contribution in [2.45, 2.75) is 33.2 Å². The fourth-order valence-electron chi connectivity index (χ4n) is 1.82. The number of benzene rings is 1. The molecule has 1 aromatic carbocycles. The van der Waals surface area contributed by atoms with Crippen LogP contribution in [0.25, 0.3) is 0 Å². The molecular formula is C12H16FNO2. The van der Waals surface area contributed by atoms with Gasteiger partial charge in [-0.3, -0.25) is 4.79 Å². The molecule has 0 aliphatic heterocycles. The summed E-state index contributed by atoms with van der Waals surface area (Å²) in [5.74, 6) is -1.41. The molecule has 0 bridgehead atoms. The van der Waals surface area contributed by atoms with Crippen LogP contribution < -0.4 is 5.73 Å². The lowest BCUT2D eigenvalue weighted by Crippen LogP contribution is -2.18. The molecule has 0 radical (unpaired) electrons. The summed E-state index contributed by atoms with van der Waals surface area (Å²) in [7, 11) is 0. The summed E-state index contributed by atoms with van der Waals surface area (Å²) in [6.45, 7) is 5.27. The van der Waals surface area contributed by atoms with E-state index < -0.39 is 17.8 Å². The molecule has 1 atom stereocenters. The van der Waals surface area contributed by atoms with Crippen LogP contribution in [-0.2, 0) is 4.79 Å². The molecule has 0 heterocycles. The highest BCUT2D eigenvalue weighted by Gasteiger charge is 2.19. The Morgan fingerprint density at radius 1 is 1.44 bits per heavy atom. The molecule has 1 rings (SSSR count). The predicted octanol–water partition coefficient (Wildman–Crippen LogP) is 2.23. The van der Waals surface area contributed by atoms with Crippen LogP contribution in [0.5, 0.6) is 0 Å². The molecular weight excluding hydrogens is 209 g/mol. The molecule has 0 saturated carbocycles. The van der Waals surface area contributed by atoms with E-state index in [4.69, 9.17) is 10.8 Å². The first-order valence-corrected chi connectivity index (χ1v) is 5.08. The van der Waals surface area contributed by atoms with Crippen molar-refractivity contribution in [3.8, 4) is 0 Å². The first-order chi connectivity index (χ1) is 7.34. The molecule has 16 heavy (non-hydrogen) atoms. The summed E-state index contributed by atoms with van der Waals surface area (Å²) < 4.78 is 13.9. The third-order valence-electron chi connectivity index (χ3n) is 2.78. The second kappa shape index (κ2) is 4.61. The van der Waals surface area contributed by atoms with E-state index in [9.17, 15) is 9.18 Å². The zero-order chi connectivity index (χ0) is 12.5. The summed E-state index contributed by atoms with van der Waals surface area (Å²) in [4.78, 5) is 10.6. The summed E-state index contributed by atoms with van der Waals surface area (Å²) in [5.41, 5.74) is 8.19. The van der Waals surface area contributed by atoms with Crippen molar-refractivity contribution in [2.24, 2.45) is 5.73 Å². The van der Waals surface area contributed by atoms with Crippen LogP contribution in [0.15, 0.2) is 6.07 Å². The number of hydrogen-bond acceptors (Lipinski definition) is 2. The quantitative estimate of drug-likeness (QED) is 0.829. The Hall–Kier alpha value is -1.42. The van der Waals surface area contributed by atoms with Crippen molar-refractivity contribution in [3.05, 3.63) is 34.1 Å². The van der Waals surface area contributed by atoms with Crippen molar-refractivity contribution in [1.29, 1.82) is 0 Å². The van der Waals surface area contributed by atoms with E-state index in [0.29, 0.717) is 11.1 Å². The van der Waals surface area contributed by atoms with Gasteiger partial charge in [-0.1, -0.05) is 6.07 Å². The minimum atomic E-state index is -1.02. The van der Waals surface area contributed by atoms with Gasteiger partial charge < -0.3 is 10.8 Å². The van der Waals surface area contributed by atoms with Crippen molar-refractivity contribution in [2.75, 3.05) is 0 Å². The van der Waals surface area contributed by atoms with Gasteiger partial charge in [-0.05, 0) is 37.5 Å². The van der Waals surface area contributed by atoms with Crippen LogP contribution >= 0.6 is 0 Å². The normalized spacial score (nSPS) is 12.6. The molecule has 0 saturated heterocycles. The van der Waals surface area contributed by atoms with Crippen LogP contribution in [0, 0.1) is 26.6 Å². The lowest BCUT2D eigenvalue weighted by atomic mass is 9.93. The molecule has 0 spiro atoms. The number of carboxylic acids is 1. The molecule has 4 heteroatoms. The molecule has 1 unspecified atom stereocenters. The minimum absolute atomic E-state index is 0.263.